The fourth-order valence-corrected chi connectivity index (χ4v) is 3.14. The van der Waals surface area contributed by atoms with Crippen LogP contribution in [0.5, 0.6) is 5.75 Å². The molecule has 0 saturated carbocycles. The van der Waals surface area contributed by atoms with Crippen molar-refractivity contribution < 1.29 is 13.9 Å². The molecule has 0 atom stereocenters. The number of rotatable bonds is 5. The van der Waals surface area contributed by atoms with E-state index >= 15 is 4.39 Å². The molecule has 1 N–H and O–H groups in total. The van der Waals surface area contributed by atoms with E-state index in [-0.39, 0.29) is 23.5 Å². The highest BCUT2D eigenvalue weighted by Gasteiger charge is 2.35. The number of nitrogens with one attached hydrogen (secondary N) is 1. The second kappa shape index (κ2) is 7.26. The number of H-pyrrole nitrogens is 1. The summed E-state index contributed by atoms with van der Waals surface area (Å²) in [5.41, 5.74) is 1.31. The second-order valence-corrected chi connectivity index (χ2v) is 6.53. The predicted octanol–water partition coefficient (Wildman–Crippen LogP) is 1.98. The van der Waals surface area contributed by atoms with Crippen molar-refractivity contribution >= 4 is 11.7 Å². The van der Waals surface area contributed by atoms with Gasteiger partial charge in [0.1, 0.15) is 23.5 Å². The van der Waals surface area contributed by atoms with Gasteiger partial charge in [-0.3, -0.25) is 9.89 Å². The summed E-state index contributed by atoms with van der Waals surface area (Å²) < 4.78 is 20.2. The van der Waals surface area contributed by atoms with Crippen LogP contribution in [-0.2, 0) is 0 Å². The molecule has 0 radical (unpaired) electrons. The molecule has 3 heterocycles. The Morgan fingerprint density at radius 1 is 1.25 bits per heavy atom. The van der Waals surface area contributed by atoms with Gasteiger partial charge in [0.15, 0.2) is 11.6 Å². The number of ether oxygens (including phenoxy) is 1. The normalized spacial score (nSPS) is 13.9. The Morgan fingerprint density at radius 2 is 2.00 bits per heavy atom. The summed E-state index contributed by atoms with van der Waals surface area (Å²) in [5.74, 6) is 0.298. The number of likely N-dealkylation sites (N-methyl/N-ethyl adjacent to an activating group) is 1. The first-order valence-corrected chi connectivity index (χ1v) is 8.75. The number of methoxy groups -OCH3 is 1. The Morgan fingerprint density at radius 3 is 2.64 bits per heavy atom. The molecule has 3 aromatic rings. The SMILES string of the molecule is COc1ccc(-c2ncnc(N3CC(N(C)C(=O)c4ccn[nH]4)C3)c2F)cc1. The van der Waals surface area contributed by atoms with Crippen LogP contribution in [0.4, 0.5) is 10.2 Å². The van der Waals surface area contributed by atoms with Gasteiger partial charge in [0.05, 0.1) is 13.2 Å². The summed E-state index contributed by atoms with van der Waals surface area (Å²) in [6.07, 6.45) is 2.88. The lowest BCUT2D eigenvalue weighted by Gasteiger charge is -2.44. The van der Waals surface area contributed by atoms with E-state index in [0.29, 0.717) is 30.1 Å². The van der Waals surface area contributed by atoms with E-state index in [0.717, 1.165) is 0 Å². The number of amides is 1. The van der Waals surface area contributed by atoms with Gasteiger partial charge in [-0.05, 0) is 30.3 Å². The number of hydrogen-bond donors (Lipinski definition) is 1. The van der Waals surface area contributed by atoms with Gasteiger partial charge in [0.2, 0.25) is 0 Å². The first kappa shape index (κ1) is 17.9. The molecule has 8 nitrogen and oxygen atoms in total. The first-order chi connectivity index (χ1) is 13.6. The zero-order valence-corrected chi connectivity index (χ0v) is 15.5. The minimum atomic E-state index is -0.478. The average molecular weight is 382 g/mol. The molecule has 2 aromatic heterocycles. The van der Waals surface area contributed by atoms with E-state index in [1.807, 2.05) is 0 Å². The number of carbonyl (C=O) groups is 1. The maximum atomic E-state index is 15.0. The maximum Gasteiger partial charge on any atom is 0.271 e. The third-order valence-electron chi connectivity index (χ3n) is 4.90. The van der Waals surface area contributed by atoms with Crippen LogP contribution in [0.1, 0.15) is 10.5 Å². The largest absolute Gasteiger partial charge is 0.497 e. The highest BCUT2D eigenvalue weighted by Crippen LogP contribution is 2.30. The molecule has 28 heavy (non-hydrogen) atoms. The lowest BCUT2D eigenvalue weighted by atomic mass is 10.1. The van der Waals surface area contributed by atoms with E-state index in [1.54, 1.807) is 54.3 Å². The monoisotopic (exact) mass is 382 g/mol. The van der Waals surface area contributed by atoms with Crippen LogP contribution < -0.4 is 9.64 Å². The van der Waals surface area contributed by atoms with Crippen LogP contribution in [0.2, 0.25) is 0 Å². The minimum absolute atomic E-state index is 0.0328. The van der Waals surface area contributed by atoms with Gasteiger partial charge in [-0.1, -0.05) is 0 Å². The maximum absolute atomic E-state index is 15.0. The summed E-state index contributed by atoms with van der Waals surface area (Å²) in [4.78, 5) is 24.0. The van der Waals surface area contributed by atoms with Crippen LogP contribution in [0.15, 0.2) is 42.9 Å². The van der Waals surface area contributed by atoms with Gasteiger partial charge in [0.25, 0.3) is 5.91 Å². The third-order valence-corrected chi connectivity index (χ3v) is 4.90. The van der Waals surface area contributed by atoms with E-state index in [1.165, 1.54) is 12.5 Å². The van der Waals surface area contributed by atoms with Gasteiger partial charge in [-0.25, -0.2) is 14.4 Å². The van der Waals surface area contributed by atoms with Crippen molar-refractivity contribution in [3.05, 3.63) is 54.4 Å². The summed E-state index contributed by atoms with van der Waals surface area (Å²) in [5, 5.41) is 6.46. The molecule has 0 bridgehead atoms. The molecule has 144 valence electrons. The molecular formula is C19H19FN6O2. The first-order valence-electron chi connectivity index (χ1n) is 8.75. The molecule has 1 aromatic carbocycles. The number of aromatic nitrogens is 4. The molecule has 0 unspecified atom stereocenters. The topological polar surface area (TPSA) is 87.2 Å². The van der Waals surface area contributed by atoms with Crippen molar-refractivity contribution in [2.24, 2.45) is 0 Å². The van der Waals surface area contributed by atoms with Gasteiger partial charge in [-0.2, -0.15) is 5.10 Å². The van der Waals surface area contributed by atoms with Crippen molar-refractivity contribution in [1.29, 1.82) is 0 Å². The fraction of sp³-hybridized carbons (Fsp3) is 0.263. The Bertz CT molecular complexity index is 971. The molecule has 0 spiro atoms. The standard InChI is InChI=1S/C19H19FN6O2/c1-25(19(27)15-7-8-23-24-15)13-9-26(10-13)18-16(20)17(21-11-22-18)12-3-5-14(28-2)6-4-12/h3-8,11,13H,9-10H2,1-2H3,(H,23,24). The molecule has 1 aliphatic heterocycles. The number of nitrogens with zero attached hydrogens (tertiary/aromatic N) is 5. The predicted molar refractivity (Wildman–Crippen MR) is 101 cm³/mol. The summed E-state index contributed by atoms with van der Waals surface area (Å²) in [6, 6.07) is 8.61. The van der Waals surface area contributed by atoms with E-state index in [2.05, 4.69) is 20.2 Å². The van der Waals surface area contributed by atoms with Crippen molar-refractivity contribution in [2.45, 2.75) is 6.04 Å². The smallest absolute Gasteiger partial charge is 0.271 e. The van der Waals surface area contributed by atoms with Gasteiger partial charge in [-0.15, -0.1) is 0 Å². The van der Waals surface area contributed by atoms with E-state index < -0.39 is 5.82 Å². The highest BCUT2D eigenvalue weighted by molar-refractivity contribution is 5.92. The zero-order chi connectivity index (χ0) is 19.7. The molecular weight excluding hydrogens is 363 g/mol. The number of carbonyl (C=O) groups excluding carboxylic acids is 1. The van der Waals surface area contributed by atoms with Crippen LogP contribution in [0.25, 0.3) is 11.3 Å². The third kappa shape index (κ3) is 3.15. The van der Waals surface area contributed by atoms with Crippen molar-refractivity contribution in [1.82, 2.24) is 25.1 Å². The van der Waals surface area contributed by atoms with Gasteiger partial charge >= 0.3 is 0 Å². The van der Waals surface area contributed by atoms with Crippen molar-refractivity contribution in [3.8, 4) is 17.0 Å². The summed E-state index contributed by atoms with van der Waals surface area (Å²) in [7, 11) is 3.30. The Balaban J connectivity index is 1.48. The van der Waals surface area contributed by atoms with Crippen molar-refractivity contribution in [3.63, 3.8) is 0 Å². The van der Waals surface area contributed by atoms with Crippen LogP contribution >= 0.6 is 0 Å². The lowest BCUT2D eigenvalue weighted by Crippen LogP contribution is -2.60. The number of aromatic amines is 1. The van der Waals surface area contributed by atoms with Crippen LogP contribution in [-0.4, -0.2) is 64.3 Å². The fourth-order valence-electron chi connectivity index (χ4n) is 3.14. The van der Waals surface area contributed by atoms with E-state index in [4.69, 9.17) is 4.74 Å². The van der Waals surface area contributed by atoms with Crippen LogP contribution in [0.3, 0.4) is 0 Å². The number of halogens is 1. The molecule has 9 heteroatoms. The zero-order valence-electron chi connectivity index (χ0n) is 15.5. The highest BCUT2D eigenvalue weighted by atomic mass is 19.1. The van der Waals surface area contributed by atoms with Gasteiger partial charge in [0, 0.05) is 31.9 Å². The molecule has 1 amide bonds. The number of benzene rings is 1. The Labute approximate surface area is 161 Å². The minimum Gasteiger partial charge on any atom is -0.497 e. The quantitative estimate of drug-likeness (QED) is 0.726. The summed E-state index contributed by atoms with van der Waals surface area (Å²) in [6.45, 7) is 0.985. The molecule has 0 aliphatic carbocycles. The number of anilines is 1. The second-order valence-electron chi connectivity index (χ2n) is 6.53. The molecule has 1 aliphatic rings. The molecule has 1 saturated heterocycles. The molecule has 4 rings (SSSR count). The number of hydrogen-bond acceptors (Lipinski definition) is 6. The Hall–Kier alpha value is -3.49. The summed E-state index contributed by atoms with van der Waals surface area (Å²) >= 11 is 0. The van der Waals surface area contributed by atoms with Crippen LogP contribution in [0, 0.1) is 5.82 Å². The average Bonchev–Trinajstić information content (AvgIpc) is 3.22. The van der Waals surface area contributed by atoms with Crippen molar-refractivity contribution in [2.75, 3.05) is 32.1 Å². The van der Waals surface area contributed by atoms with Gasteiger partial charge < -0.3 is 14.5 Å². The van der Waals surface area contributed by atoms with E-state index in [9.17, 15) is 4.79 Å². The Kier molecular flexibility index (Phi) is 4.64. The lowest BCUT2D eigenvalue weighted by molar-refractivity contribution is 0.0698. The molecule has 1 fully saturated rings.